The van der Waals surface area contributed by atoms with Crippen LogP contribution in [0, 0.1) is 0 Å². The van der Waals surface area contributed by atoms with Crippen molar-refractivity contribution in [1.82, 2.24) is 5.32 Å². The fourth-order valence-electron chi connectivity index (χ4n) is 1.57. The molecular weight excluding hydrogens is 212 g/mol. The van der Waals surface area contributed by atoms with Gasteiger partial charge in [0.15, 0.2) is 0 Å². The molecule has 0 aromatic heterocycles. The number of rotatable bonds is 7. The van der Waals surface area contributed by atoms with Crippen molar-refractivity contribution in [3.8, 4) is 0 Å². The zero-order valence-electron chi connectivity index (χ0n) is 10.8. The largest absolute Gasteiger partial charge is 0.384 e. The lowest BCUT2D eigenvalue weighted by Gasteiger charge is -2.11. The van der Waals surface area contributed by atoms with Gasteiger partial charge in [0.1, 0.15) is 0 Å². The Balaban J connectivity index is 2.64. The normalized spacial score (nSPS) is 10.0. The number of anilines is 1. The van der Waals surface area contributed by atoms with Crippen LogP contribution in [0.1, 0.15) is 43.5 Å². The minimum atomic E-state index is 0.0117. The van der Waals surface area contributed by atoms with Crippen LogP contribution in [0.3, 0.4) is 0 Å². The predicted molar refractivity (Wildman–Crippen MR) is 72.5 cm³/mol. The summed E-state index contributed by atoms with van der Waals surface area (Å²) in [5.74, 6) is 0.0117. The SMILES string of the molecule is CCCCNC(=O)c1ccccc1NCCC. The van der Waals surface area contributed by atoms with Gasteiger partial charge in [-0.05, 0) is 25.0 Å². The summed E-state index contributed by atoms with van der Waals surface area (Å²) in [5, 5.41) is 6.21. The van der Waals surface area contributed by atoms with E-state index < -0.39 is 0 Å². The van der Waals surface area contributed by atoms with Crippen LogP contribution in [0.4, 0.5) is 5.69 Å². The molecule has 1 aromatic rings. The van der Waals surface area contributed by atoms with Crippen LogP contribution < -0.4 is 10.6 Å². The number of carbonyl (C=O) groups is 1. The molecule has 1 amide bonds. The smallest absolute Gasteiger partial charge is 0.253 e. The van der Waals surface area contributed by atoms with E-state index in [0.29, 0.717) is 0 Å². The molecule has 0 saturated carbocycles. The van der Waals surface area contributed by atoms with Crippen molar-refractivity contribution in [3.05, 3.63) is 29.8 Å². The lowest BCUT2D eigenvalue weighted by Crippen LogP contribution is -2.25. The van der Waals surface area contributed by atoms with Gasteiger partial charge in [-0.2, -0.15) is 0 Å². The number of benzene rings is 1. The van der Waals surface area contributed by atoms with E-state index in [4.69, 9.17) is 0 Å². The van der Waals surface area contributed by atoms with Gasteiger partial charge < -0.3 is 10.6 Å². The highest BCUT2D eigenvalue weighted by Gasteiger charge is 2.09. The average molecular weight is 234 g/mol. The summed E-state index contributed by atoms with van der Waals surface area (Å²) >= 11 is 0. The average Bonchev–Trinajstić information content (AvgIpc) is 2.37. The molecule has 3 heteroatoms. The van der Waals surface area contributed by atoms with Crippen molar-refractivity contribution in [1.29, 1.82) is 0 Å². The van der Waals surface area contributed by atoms with Gasteiger partial charge in [-0.1, -0.05) is 32.4 Å². The molecule has 0 aliphatic rings. The molecule has 0 spiro atoms. The quantitative estimate of drug-likeness (QED) is 0.712. The van der Waals surface area contributed by atoms with Crippen molar-refractivity contribution in [2.75, 3.05) is 18.4 Å². The summed E-state index contributed by atoms with van der Waals surface area (Å²) in [7, 11) is 0. The van der Waals surface area contributed by atoms with E-state index in [9.17, 15) is 4.79 Å². The molecular formula is C14H22N2O. The van der Waals surface area contributed by atoms with Gasteiger partial charge >= 0.3 is 0 Å². The lowest BCUT2D eigenvalue weighted by molar-refractivity contribution is 0.0954. The molecule has 1 rings (SSSR count). The third-order valence-electron chi connectivity index (χ3n) is 2.55. The Bertz CT molecular complexity index is 350. The summed E-state index contributed by atoms with van der Waals surface area (Å²) in [6, 6.07) is 7.65. The Morgan fingerprint density at radius 3 is 2.59 bits per heavy atom. The Morgan fingerprint density at radius 2 is 1.88 bits per heavy atom. The van der Waals surface area contributed by atoms with Gasteiger partial charge in [-0.25, -0.2) is 0 Å². The minimum Gasteiger partial charge on any atom is -0.384 e. The standard InChI is InChI=1S/C14H22N2O/c1-3-5-11-16-14(17)12-8-6-7-9-13(12)15-10-4-2/h6-9,15H,3-5,10-11H2,1-2H3,(H,16,17). The van der Waals surface area contributed by atoms with Gasteiger partial charge in [0, 0.05) is 18.8 Å². The third-order valence-corrected chi connectivity index (χ3v) is 2.55. The fraction of sp³-hybridized carbons (Fsp3) is 0.500. The van der Waals surface area contributed by atoms with Gasteiger partial charge in [0.2, 0.25) is 0 Å². The van der Waals surface area contributed by atoms with E-state index in [1.807, 2.05) is 24.3 Å². The Hall–Kier alpha value is -1.51. The van der Waals surface area contributed by atoms with E-state index in [1.54, 1.807) is 0 Å². The molecule has 0 heterocycles. The van der Waals surface area contributed by atoms with Crippen LogP contribution >= 0.6 is 0 Å². The van der Waals surface area contributed by atoms with Crippen LogP contribution in [0.5, 0.6) is 0 Å². The predicted octanol–water partition coefficient (Wildman–Crippen LogP) is 3.04. The second-order valence-electron chi connectivity index (χ2n) is 4.08. The lowest BCUT2D eigenvalue weighted by atomic mass is 10.1. The summed E-state index contributed by atoms with van der Waals surface area (Å²) in [6.45, 7) is 5.86. The molecule has 0 aliphatic heterocycles. The van der Waals surface area contributed by atoms with Crippen molar-refractivity contribution in [2.45, 2.75) is 33.1 Å². The number of unbranched alkanes of at least 4 members (excludes halogenated alkanes) is 1. The maximum Gasteiger partial charge on any atom is 0.253 e. The third kappa shape index (κ3) is 4.47. The monoisotopic (exact) mass is 234 g/mol. The van der Waals surface area contributed by atoms with E-state index in [2.05, 4.69) is 24.5 Å². The summed E-state index contributed by atoms with van der Waals surface area (Å²) < 4.78 is 0. The Morgan fingerprint density at radius 1 is 1.12 bits per heavy atom. The first-order valence-electron chi connectivity index (χ1n) is 6.40. The van der Waals surface area contributed by atoms with Gasteiger partial charge in [-0.15, -0.1) is 0 Å². The first kappa shape index (κ1) is 13.6. The van der Waals surface area contributed by atoms with Gasteiger partial charge in [0.05, 0.1) is 5.56 Å². The number of carbonyl (C=O) groups excluding carboxylic acids is 1. The minimum absolute atomic E-state index is 0.0117. The molecule has 94 valence electrons. The van der Waals surface area contributed by atoms with Gasteiger partial charge in [0.25, 0.3) is 5.91 Å². The molecule has 0 fully saturated rings. The molecule has 0 radical (unpaired) electrons. The fourth-order valence-corrected chi connectivity index (χ4v) is 1.57. The number of nitrogens with one attached hydrogen (secondary N) is 2. The molecule has 3 nitrogen and oxygen atoms in total. The first-order valence-corrected chi connectivity index (χ1v) is 6.40. The van der Waals surface area contributed by atoms with Crippen molar-refractivity contribution in [2.24, 2.45) is 0 Å². The number of amides is 1. The molecule has 0 saturated heterocycles. The highest BCUT2D eigenvalue weighted by Crippen LogP contribution is 2.14. The maximum atomic E-state index is 12.0. The second-order valence-corrected chi connectivity index (χ2v) is 4.08. The zero-order valence-corrected chi connectivity index (χ0v) is 10.8. The molecule has 2 N–H and O–H groups in total. The maximum absolute atomic E-state index is 12.0. The van der Waals surface area contributed by atoms with Crippen LogP contribution in [-0.4, -0.2) is 19.0 Å². The molecule has 0 atom stereocenters. The second kappa shape index (κ2) is 7.71. The topological polar surface area (TPSA) is 41.1 Å². The summed E-state index contributed by atoms with van der Waals surface area (Å²) in [4.78, 5) is 12.0. The van der Waals surface area contributed by atoms with Crippen molar-refractivity contribution in [3.63, 3.8) is 0 Å². The molecule has 17 heavy (non-hydrogen) atoms. The van der Waals surface area contributed by atoms with Crippen molar-refractivity contribution >= 4 is 11.6 Å². The highest BCUT2D eigenvalue weighted by atomic mass is 16.1. The van der Waals surface area contributed by atoms with Crippen LogP contribution in [0.25, 0.3) is 0 Å². The van der Waals surface area contributed by atoms with Gasteiger partial charge in [-0.3, -0.25) is 4.79 Å². The zero-order chi connectivity index (χ0) is 12.5. The van der Waals surface area contributed by atoms with Crippen molar-refractivity contribution < 1.29 is 4.79 Å². The number of hydrogen-bond acceptors (Lipinski definition) is 2. The number of para-hydroxylation sites is 1. The Kier molecular flexibility index (Phi) is 6.15. The highest BCUT2D eigenvalue weighted by molar-refractivity contribution is 5.99. The molecule has 0 bridgehead atoms. The Labute approximate surface area is 104 Å². The summed E-state index contributed by atoms with van der Waals surface area (Å²) in [5.41, 5.74) is 1.65. The van der Waals surface area contributed by atoms with E-state index in [-0.39, 0.29) is 5.91 Å². The summed E-state index contributed by atoms with van der Waals surface area (Å²) in [6.07, 6.45) is 3.16. The van der Waals surface area contributed by atoms with Crippen LogP contribution in [-0.2, 0) is 0 Å². The van der Waals surface area contributed by atoms with E-state index >= 15 is 0 Å². The molecule has 0 unspecified atom stereocenters. The van der Waals surface area contributed by atoms with E-state index in [1.165, 1.54) is 0 Å². The first-order chi connectivity index (χ1) is 8.29. The van der Waals surface area contributed by atoms with Crippen LogP contribution in [0.15, 0.2) is 24.3 Å². The number of hydrogen-bond donors (Lipinski definition) is 2. The molecule has 1 aromatic carbocycles. The van der Waals surface area contributed by atoms with Crippen LogP contribution in [0.2, 0.25) is 0 Å². The van der Waals surface area contributed by atoms with E-state index in [0.717, 1.165) is 43.6 Å². The molecule has 0 aliphatic carbocycles.